The molecule has 0 bridgehead atoms. The van der Waals surface area contributed by atoms with Gasteiger partial charge in [0, 0.05) is 19.6 Å². The van der Waals surface area contributed by atoms with Gasteiger partial charge in [-0.1, -0.05) is 31.2 Å². The van der Waals surface area contributed by atoms with Crippen LogP contribution in [0.5, 0.6) is 0 Å². The van der Waals surface area contributed by atoms with Crippen LogP contribution in [0, 0.1) is 5.92 Å². The van der Waals surface area contributed by atoms with Crippen LogP contribution in [0.4, 0.5) is 0 Å². The molecule has 2 rings (SSSR count). The lowest BCUT2D eigenvalue weighted by molar-refractivity contribution is -0.141. The van der Waals surface area contributed by atoms with Gasteiger partial charge in [-0.3, -0.25) is 9.69 Å². The van der Waals surface area contributed by atoms with Gasteiger partial charge in [0.15, 0.2) is 0 Å². The van der Waals surface area contributed by atoms with Crippen molar-refractivity contribution >= 4 is 5.97 Å². The van der Waals surface area contributed by atoms with Crippen molar-refractivity contribution in [3.63, 3.8) is 0 Å². The molecule has 1 saturated heterocycles. The molecule has 0 amide bonds. The Kier molecular flexibility index (Phi) is 4.93. The van der Waals surface area contributed by atoms with Crippen molar-refractivity contribution < 1.29 is 14.6 Å². The normalized spacial score (nSPS) is 18.2. The largest absolute Gasteiger partial charge is 0.481 e. The molecule has 1 aromatic rings. The summed E-state index contributed by atoms with van der Waals surface area (Å²) in [4.78, 5) is 13.2. The first kappa shape index (κ1) is 14.0. The van der Waals surface area contributed by atoms with Crippen LogP contribution in [-0.2, 0) is 22.5 Å². The predicted octanol–water partition coefficient (Wildman–Crippen LogP) is 1.78. The van der Waals surface area contributed by atoms with Crippen LogP contribution in [0.25, 0.3) is 0 Å². The number of hydrogen-bond acceptors (Lipinski definition) is 3. The first-order valence-corrected chi connectivity index (χ1v) is 6.76. The highest BCUT2D eigenvalue weighted by Crippen LogP contribution is 2.13. The standard InChI is InChI=1S/C15H21NO3/c1-12(15(17)18)9-13-3-2-4-14(10-13)11-16-5-7-19-8-6-16/h2-4,10,12H,5-9,11H2,1H3,(H,17,18). The summed E-state index contributed by atoms with van der Waals surface area (Å²) >= 11 is 0. The highest BCUT2D eigenvalue weighted by atomic mass is 16.5. The van der Waals surface area contributed by atoms with Gasteiger partial charge in [0.1, 0.15) is 0 Å². The van der Waals surface area contributed by atoms with Crippen molar-refractivity contribution in [1.82, 2.24) is 4.90 Å². The molecule has 4 heteroatoms. The van der Waals surface area contributed by atoms with E-state index in [1.807, 2.05) is 12.1 Å². The number of rotatable bonds is 5. The number of hydrogen-bond donors (Lipinski definition) is 1. The van der Waals surface area contributed by atoms with Crippen LogP contribution in [-0.4, -0.2) is 42.3 Å². The summed E-state index contributed by atoms with van der Waals surface area (Å²) < 4.78 is 5.33. The van der Waals surface area contributed by atoms with Gasteiger partial charge >= 0.3 is 5.97 Å². The lowest BCUT2D eigenvalue weighted by Crippen LogP contribution is -2.35. The zero-order chi connectivity index (χ0) is 13.7. The molecule has 1 aromatic carbocycles. The van der Waals surface area contributed by atoms with Gasteiger partial charge in [-0.2, -0.15) is 0 Å². The summed E-state index contributed by atoms with van der Waals surface area (Å²) in [6.07, 6.45) is 0.590. The molecular weight excluding hydrogens is 242 g/mol. The number of carboxylic acid groups (broad SMARTS) is 1. The van der Waals surface area contributed by atoms with E-state index < -0.39 is 5.97 Å². The fraction of sp³-hybridized carbons (Fsp3) is 0.533. The van der Waals surface area contributed by atoms with E-state index in [9.17, 15) is 4.79 Å². The Balaban J connectivity index is 1.96. The molecule has 1 aliphatic rings. The number of aliphatic carboxylic acids is 1. The quantitative estimate of drug-likeness (QED) is 0.880. The molecule has 0 radical (unpaired) electrons. The van der Waals surface area contributed by atoms with Gasteiger partial charge in [0.05, 0.1) is 19.1 Å². The molecule has 4 nitrogen and oxygen atoms in total. The van der Waals surface area contributed by atoms with Gasteiger partial charge in [-0.25, -0.2) is 0 Å². The van der Waals surface area contributed by atoms with Crippen LogP contribution >= 0.6 is 0 Å². The maximum atomic E-state index is 10.9. The average Bonchev–Trinajstić information content (AvgIpc) is 2.40. The Labute approximate surface area is 114 Å². The number of morpholine rings is 1. The SMILES string of the molecule is CC(Cc1cccc(CN2CCOCC2)c1)C(=O)O. The smallest absolute Gasteiger partial charge is 0.306 e. The lowest BCUT2D eigenvalue weighted by atomic mass is 9.99. The third kappa shape index (κ3) is 4.33. The van der Waals surface area contributed by atoms with Crippen LogP contribution in [0.15, 0.2) is 24.3 Å². The topological polar surface area (TPSA) is 49.8 Å². The van der Waals surface area contributed by atoms with Crippen LogP contribution < -0.4 is 0 Å². The highest BCUT2D eigenvalue weighted by Gasteiger charge is 2.13. The fourth-order valence-corrected chi connectivity index (χ4v) is 2.31. The minimum Gasteiger partial charge on any atom is -0.481 e. The van der Waals surface area contributed by atoms with Gasteiger partial charge < -0.3 is 9.84 Å². The van der Waals surface area contributed by atoms with Crippen molar-refractivity contribution in [3.8, 4) is 0 Å². The Morgan fingerprint density at radius 3 is 2.74 bits per heavy atom. The van der Waals surface area contributed by atoms with Crippen molar-refractivity contribution in [3.05, 3.63) is 35.4 Å². The summed E-state index contributed by atoms with van der Waals surface area (Å²) in [5, 5.41) is 8.95. The van der Waals surface area contributed by atoms with Crippen molar-refractivity contribution in [2.24, 2.45) is 5.92 Å². The van der Waals surface area contributed by atoms with Gasteiger partial charge in [0.25, 0.3) is 0 Å². The van der Waals surface area contributed by atoms with Gasteiger partial charge in [0.2, 0.25) is 0 Å². The minimum absolute atomic E-state index is 0.335. The predicted molar refractivity (Wildman–Crippen MR) is 73.0 cm³/mol. The second kappa shape index (κ2) is 6.68. The van der Waals surface area contributed by atoms with E-state index in [0.717, 1.165) is 38.4 Å². The summed E-state index contributed by atoms with van der Waals surface area (Å²) in [6.45, 7) is 6.20. The molecule has 0 spiro atoms. The molecule has 1 N–H and O–H groups in total. The van der Waals surface area contributed by atoms with Crippen LogP contribution in [0.3, 0.4) is 0 Å². The van der Waals surface area contributed by atoms with E-state index in [4.69, 9.17) is 9.84 Å². The van der Waals surface area contributed by atoms with Gasteiger partial charge in [-0.15, -0.1) is 0 Å². The number of carboxylic acids is 1. The summed E-state index contributed by atoms with van der Waals surface area (Å²) in [6, 6.07) is 8.24. The van der Waals surface area contributed by atoms with E-state index in [0.29, 0.717) is 6.42 Å². The molecule has 1 heterocycles. The second-order valence-corrected chi connectivity index (χ2v) is 5.15. The van der Waals surface area contributed by atoms with E-state index in [2.05, 4.69) is 17.0 Å². The molecular formula is C15H21NO3. The van der Waals surface area contributed by atoms with Crippen LogP contribution in [0.2, 0.25) is 0 Å². The second-order valence-electron chi connectivity index (χ2n) is 5.15. The first-order chi connectivity index (χ1) is 9.15. The Morgan fingerprint density at radius 1 is 1.37 bits per heavy atom. The Bertz CT molecular complexity index is 427. The number of ether oxygens (including phenoxy) is 1. The summed E-state index contributed by atoms with van der Waals surface area (Å²) in [5.74, 6) is -1.07. The van der Waals surface area contributed by atoms with Gasteiger partial charge in [-0.05, 0) is 17.5 Å². The molecule has 1 atom stereocenters. The Hall–Kier alpha value is -1.39. The monoisotopic (exact) mass is 263 g/mol. The summed E-state index contributed by atoms with van der Waals surface area (Å²) in [7, 11) is 0. The Morgan fingerprint density at radius 2 is 2.05 bits per heavy atom. The zero-order valence-electron chi connectivity index (χ0n) is 11.3. The molecule has 0 aliphatic carbocycles. The molecule has 104 valence electrons. The molecule has 0 aromatic heterocycles. The van der Waals surface area contributed by atoms with E-state index in [1.165, 1.54) is 5.56 Å². The van der Waals surface area contributed by atoms with Crippen molar-refractivity contribution in [2.75, 3.05) is 26.3 Å². The molecule has 1 unspecified atom stereocenters. The molecule has 19 heavy (non-hydrogen) atoms. The minimum atomic E-state index is -0.737. The molecule has 1 fully saturated rings. The third-order valence-electron chi connectivity index (χ3n) is 3.46. The first-order valence-electron chi connectivity index (χ1n) is 6.76. The molecule has 0 saturated carbocycles. The number of benzene rings is 1. The summed E-state index contributed by atoms with van der Waals surface area (Å²) in [5.41, 5.74) is 2.35. The van der Waals surface area contributed by atoms with Crippen molar-refractivity contribution in [1.29, 1.82) is 0 Å². The average molecular weight is 263 g/mol. The van der Waals surface area contributed by atoms with Crippen LogP contribution in [0.1, 0.15) is 18.1 Å². The number of nitrogens with zero attached hydrogens (tertiary/aromatic N) is 1. The number of carbonyl (C=O) groups is 1. The van der Waals surface area contributed by atoms with E-state index in [-0.39, 0.29) is 5.92 Å². The fourth-order valence-electron chi connectivity index (χ4n) is 2.31. The van der Waals surface area contributed by atoms with Crippen molar-refractivity contribution in [2.45, 2.75) is 19.9 Å². The lowest BCUT2D eigenvalue weighted by Gasteiger charge is -2.26. The van der Waals surface area contributed by atoms with E-state index in [1.54, 1.807) is 6.92 Å². The maximum Gasteiger partial charge on any atom is 0.306 e. The highest BCUT2D eigenvalue weighted by molar-refractivity contribution is 5.69. The zero-order valence-corrected chi connectivity index (χ0v) is 11.3. The maximum absolute atomic E-state index is 10.9. The van der Waals surface area contributed by atoms with E-state index >= 15 is 0 Å². The molecule has 1 aliphatic heterocycles. The third-order valence-corrected chi connectivity index (χ3v) is 3.46.